The van der Waals surface area contributed by atoms with Gasteiger partial charge in [-0.25, -0.2) is 0 Å². The first kappa shape index (κ1) is 13.9. The summed E-state index contributed by atoms with van der Waals surface area (Å²) >= 11 is 0. The van der Waals surface area contributed by atoms with Crippen LogP contribution in [0.15, 0.2) is 30.6 Å². The predicted octanol–water partition coefficient (Wildman–Crippen LogP) is 3.82. The highest BCUT2D eigenvalue weighted by Crippen LogP contribution is 2.41. The van der Waals surface area contributed by atoms with Gasteiger partial charge in [0.2, 0.25) is 0 Å². The van der Waals surface area contributed by atoms with Crippen LogP contribution in [0.3, 0.4) is 0 Å². The number of benzene rings is 2. The van der Waals surface area contributed by atoms with Gasteiger partial charge >= 0.3 is 0 Å². The van der Waals surface area contributed by atoms with Crippen LogP contribution in [0.4, 0.5) is 11.4 Å². The molecule has 0 saturated carbocycles. The van der Waals surface area contributed by atoms with Crippen LogP contribution in [0.2, 0.25) is 0 Å². The van der Waals surface area contributed by atoms with Gasteiger partial charge in [-0.1, -0.05) is 0 Å². The molecule has 110 valence electrons. The Morgan fingerprint density at radius 1 is 0.909 bits per heavy atom. The zero-order valence-electron chi connectivity index (χ0n) is 11.9. The number of hydrogen-bond donors (Lipinski definition) is 0. The van der Waals surface area contributed by atoms with Gasteiger partial charge in [-0.05, 0) is 37.4 Å². The Balaban J connectivity index is 2.63. The van der Waals surface area contributed by atoms with Gasteiger partial charge in [-0.3, -0.25) is 25.2 Å². The number of hydrogen-bond acceptors (Lipinski definition) is 5. The molecule has 0 unspecified atom stereocenters. The van der Waals surface area contributed by atoms with Crippen molar-refractivity contribution >= 4 is 32.9 Å². The van der Waals surface area contributed by atoms with E-state index < -0.39 is 9.85 Å². The standard InChI is InChI=1S/C15H11N3O4/c1-8-9(2)15(18(21)22)13-6-11-7-16-4-3-10(11)5-12(13)14(8)17(19)20/h3-7H,1-2H3. The minimum absolute atomic E-state index is 0.0863. The van der Waals surface area contributed by atoms with Crippen molar-refractivity contribution in [2.45, 2.75) is 13.8 Å². The molecular weight excluding hydrogens is 286 g/mol. The second-order valence-electron chi connectivity index (χ2n) is 5.08. The van der Waals surface area contributed by atoms with Gasteiger partial charge in [0.15, 0.2) is 0 Å². The van der Waals surface area contributed by atoms with Crippen LogP contribution in [-0.2, 0) is 0 Å². The van der Waals surface area contributed by atoms with Gasteiger partial charge in [-0.15, -0.1) is 0 Å². The highest BCUT2D eigenvalue weighted by molar-refractivity contribution is 6.07. The summed E-state index contributed by atoms with van der Waals surface area (Å²) in [5, 5.41) is 24.9. The van der Waals surface area contributed by atoms with Crippen LogP contribution in [0.5, 0.6) is 0 Å². The molecule has 7 heteroatoms. The normalized spacial score (nSPS) is 11.0. The molecule has 0 spiro atoms. The number of pyridine rings is 1. The summed E-state index contributed by atoms with van der Waals surface area (Å²) in [6, 6.07) is 4.93. The number of nitro benzene ring substituents is 2. The number of rotatable bonds is 2. The summed E-state index contributed by atoms with van der Waals surface area (Å²) in [5.41, 5.74) is 0.450. The summed E-state index contributed by atoms with van der Waals surface area (Å²) in [6.07, 6.45) is 3.16. The Hall–Kier alpha value is -3.09. The molecule has 1 heterocycles. The highest BCUT2D eigenvalue weighted by Gasteiger charge is 2.28. The van der Waals surface area contributed by atoms with Gasteiger partial charge < -0.3 is 0 Å². The highest BCUT2D eigenvalue weighted by atomic mass is 16.6. The van der Waals surface area contributed by atoms with Crippen LogP contribution in [0, 0.1) is 34.1 Å². The van der Waals surface area contributed by atoms with Crippen molar-refractivity contribution in [3.8, 4) is 0 Å². The van der Waals surface area contributed by atoms with E-state index in [0.717, 1.165) is 5.39 Å². The van der Waals surface area contributed by atoms with Crippen molar-refractivity contribution in [1.82, 2.24) is 4.98 Å². The van der Waals surface area contributed by atoms with E-state index in [9.17, 15) is 20.2 Å². The lowest BCUT2D eigenvalue weighted by molar-refractivity contribution is -0.387. The maximum atomic E-state index is 11.4. The molecule has 0 aliphatic rings. The van der Waals surface area contributed by atoms with E-state index in [-0.39, 0.29) is 22.1 Å². The summed E-state index contributed by atoms with van der Waals surface area (Å²) in [7, 11) is 0. The molecule has 22 heavy (non-hydrogen) atoms. The summed E-state index contributed by atoms with van der Waals surface area (Å²) < 4.78 is 0. The van der Waals surface area contributed by atoms with E-state index in [2.05, 4.69) is 4.98 Å². The Bertz CT molecular complexity index is 888. The molecule has 3 aromatic rings. The van der Waals surface area contributed by atoms with Crippen LogP contribution in [0.1, 0.15) is 11.1 Å². The fourth-order valence-corrected chi connectivity index (χ4v) is 2.76. The van der Waals surface area contributed by atoms with Gasteiger partial charge in [0.1, 0.15) is 0 Å². The second kappa shape index (κ2) is 4.73. The second-order valence-corrected chi connectivity index (χ2v) is 5.08. The van der Waals surface area contributed by atoms with Gasteiger partial charge in [0.05, 0.1) is 20.6 Å². The first-order valence-electron chi connectivity index (χ1n) is 6.51. The van der Waals surface area contributed by atoms with E-state index in [0.29, 0.717) is 16.5 Å². The Morgan fingerprint density at radius 2 is 1.41 bits per heavy atom. The summed E-state index contributed by atoms with van der Waals surface area (Å²) in [4.78, 5) is 25.9. The lowest BCUT2D eigenvalue weighted by Crippen LogP contribution is -2.01. The molecule has 2 aromatic carbocycles. The van der Waals surface area contributed by atoms with Crippen molar-refractivity contribution in [3.05, 3.63) is 61.9 Å². The van der Waals surface area contributed by atoms with E-state index >= 15 is 0 Å². The number of nitro groups is 2. The quantitative estimate of drug-likeness (QED) is 0.406. The van der Waals surface area contributed by atoms with E-state index in [1.54, 1.807) is 30.6 Å². The molecule has 0 amide bonds. The third kappa shape index (κ3) is 1.86. The monoisotopic (exact) mass is 297 g/mol. The van der Waals surface area contributed by atoms with E-state index in [1.165, 1.54) is 13.8 Å². The fourth-order valence-electron chi connectivity index (χ4n) is 2.76. The zero-order valence-corrected chi connectivity index (χ0v) is 11.9. The minimum atomic E-state index is -0.489. The van der Waals surface area contributed by atoms with Crippen molar-refractivity contribution in [2.75, 3.05) is 0 Å². The summed E-state index contributed by atoms with van der Waals surface area (Å²) in [6.45, 7) is 3.07. The average molecular weight is 297 g/mol. The molecule has 0 radical (unpaired) electrons. The SMILES string of the molecule is Cc1c(C)c([N+](=O)[O-])c2cc3cnccc3cc2c1[N+](=O)[O-]. The lowest BCUT2D eigenvalue weighted by Gasteiger charge is -2.09. The third-order valence-corrected chi connectivity index (χ3v) is 3.93. The van der Waals surface area contributed by atoms with Crippen molar-refractivity contribution < 1.29 is 9.85 Å². The molecule has 1 aromatic heterocycles. The smallest absolute Gasteiger partial charge is 0.264 e. The van der Waals surface area contributed by atoms with Crippen LogP contribution in [0.25, 0.3) is 21.5 Å². The molecule has 0 fully saturated rings. The van der Waals surface area contributed by atoms with Gasteiger partial charge in [0, 0.05) is 28.9 Å². The molecule has 3 rings (SSSR count). The molecule has 0 bridgehead atoms. The minimum Gasteiger partial charge on any atom is -0.264 e. The van der Waals surface area contributed by atoms with E-state index in [1.807, 2.05) is 0 Å². The molecule has 0 saturated heterocycles. The van der Waals surface area contributed by atoms with Crippen molar-refractivity contribution in [3.63, 3.8) is 0 Å². The number of nitrogens with zero attached hydrogens (tertiary/aromatic N) is 3. The number of fused-ring (bicyclic) bond motifs is 2. The van der Waals surface area contributed by atoms with Crippen molar-refractivity contribution in [2.24, 2.45) is 0 Å². The Kier molecular flexibility index (Phi) is 2.98. The summed E-state index contributed by atoms with van der Waals surface area (Å²) in [5.74, 6) is 0. The molecule has 0 N–H and O–H groups in total. The van der Waals surface area contributed by atoms with Gasteiger partial charge in [0.25, 0.3) is 11.4 Å². The lowest BCUT2D eigenvalue weighted by atomic mass is 9.95. The molecular formula is C15H11N3O4. The first-order chi connectivity index (χ1) is 10.4. The largest absolute Gasteiger partial charge is 0.280 e. The Labute approximate surface area is 124 Å². The van der Waals surface area contributed by atoms with Crippen LogP contribution < -0.4 is 0 Å². The van der Waals surface area contributed by atoms with Crippen LogP contribution in [-0.4, -0.2) is 14.8 Å². The molecule has 7 nitrogen and oxygen atoms in total. The number of aromatic nitrogens is 1. The predicted molar refractivity (Wildman–Crippen MR) is 82.0 cm³/mol. The molecule has 0 atom stereocenters. The maximum absolute atomic E-state index is 11.4. The third-order valence-electron chi connectivity index (χ3n) is 3.93. The maximum Gasteiger partial charge on any atom is 0.280 e. The van der Waals surface area contributed by atoms with E-state index in [4.69, 9.17) is 0 Å². The van der Waals surface area contributed by atoms with Crippen molar-refractivity contribution in [1.29, 1.82) is 0 Å². The zero-order chi connectivity index (χ0) is 16.0. The Morgan fingerprint density at radius 3 is 1.91 bits per heavy atom. The fraction of sp³-hybridized carbons (Fsp3) is 0.133. The first-order valence-corrected chi connectivity index (χ1v) is 6.51. The topological polar surface area (TPSA) is 99.2 Å². The molecule has 0 aliphatic heterocycles. The van der Waals surface area contributed by atoms with Crippen LogP contribution >= 0.6 is 0 Å². The van der Waals surface area contributed by atoms with Gasteiger partial charge in [-0.2, -0.15) is 0 Å². The molecule has 0 aliphatic carbocycles. The average Bonchev–Trinajstić information content (AvgIpc) is 2.46.